The Hall–Kier alpha value is -3.68. The molecule has 2 N–H and O–H groups in total. The van der Waals surface area contributed by atoms with Gasteiger partial charge in [0.15, 0.2) is 5.96 Å². The summed E-state index contributed by atoms with van der Waals surface area (Å²) >= 11 is 0. The first-order valence-corrected chi connectivity index (χ1v) is 9.86. The highest BCUT2D eigenvalue weighted by atomic mass is 19.1. The van der Waals surface area contributed by atoms with Gasteiger partial charge < -0.3 is 14.3 Å². The standard InChI is InChI=1S/C23H27FN6O/c1-15(16-10-12-17(13-11-16)18-8-6-7-9-19(18)24)20-14-21(31-28-20)26-23(30(4)5)27-22(25)29(2)3/h6-15H,1-5H3,(H2,25,26,27). The first kappa shape index (κ1) is 22.0. The third kappa shape index (κ3) is 5.28. The molecule has 0 fully saturated rings. The molecule has 2 aromatic carbocycles. The summed E-state index contributed by atoms with van der Waals surface area (Å²) in [5.41, 5.74) is 3.17. The molecule has 1 aromatic heterocycles. The third-order valence-corrected chi connectivity index (χ3v) is 4.87. The largest absolute Gasteiger partial charge is 0.349 e. The summed E-state index contributed by atoms with van der Waals surface area (Å²) in [5, 5.41) is 15.0. The molecule has 8 heteroatoms. The van der Waals surface area contributed by atoms with E-state index in [9.17, 15) is 4.39 Å². The van der Waals surface area contributed by atoms with Crippen LogP contribution in [0.5, 0.6) is 0 Å². The molecule has 1 unspecified atom stereocenters. The van der Waals surface area contributed by atoms with Crippen LogP contribution in [0.15, 0.2) is 64.1 Å². The molecule has 3 rings (SSSR count). The average molecular weight is 423 g/mol. The summed E-state index contributed by atoms with van der Waals surface area (Å²) in [7, 11) is 7.19. The highest BCUT2D eigenvalue weighted by molar-refractivity contribution is 5.97. The van der Waals surface area contributed by atoms with E-state index in [0.717, 1.165) is 16.8 Å². The van der Waals surface area contributed by atoms with Crippen LogP contribution in [-0.2, 0) is 0 Å². The average Bonchev–Trinajstić information content (AvgIpc) is 3.21. The third-order valence-electron chi connectivity index (χ3n) is 4.87. The molecule has 0 saturated heterocycles. The molecule has 0 aliphatic rings. The number of hydrogen-bond acceptors (Lipinski definition) is 4. The van der Waals surface area contributed by atoms with Crippen molar-refractivity contribution in [1.29, 1.82) is 5.41 Å². The van der Waals surface area contributed by atoms with Crippen LogP contribution in [0.2, 0.25) is 0 Å². The molecular weight excluding hydrogens is 395 g/mol. The van der Waals surface area contributed by atoms with Gasteiger partial charge in [0.05, 0.1) is 5.69 Å². The van der Waals surface area contributed by atoms with E-state index in [1.165, 1.54) is 6.07 Å². The second-order valence-electron chi connectivity index (χ2n) is 7.61. The van der Waals surface area contributed by atoms with E-state index < -0.39 is 0 Å². The summed E-state index contributed by atoms with van der Waals surface area (Å²) in [5.74, 6) is 0.736. The van der Waals surface area contributed by atoms with Gasteiger partial charge in [0, 0.05) is 45.7 Å². The molecular formula is C23H27FN6O. The number of aliphatic imine (C=N–C) groups is 1. The van der Waals surface area contributed by atoms with Crippen molar-refractivity contribution in [2.75, 3.05) is 28.2 Å². The number of nitrogens with zero attached hydrogens (tertiary/aromatic N) is 4. The maximum Gasteiger partial charge on any atom is 0.253 e. The zero-order chi connectivity index (χ0) is 22.5. The smallest absolute Gasteiger partial charge is 0.253 e. The zero-order valence-electron chi connectivity index (χ0n) is 18.3. The summed E-state index contributed by atoms with van der Waals surface area (Å²) in [6.07, 6.45) is 0. The topological polar surface area (TPSA) is 80.8 Å². The van der Waals surface area contributed by atoms with Crippen LogP contribution >= 0.6 is 0 Å². The molecule has 0 bridgehead atoms. The summed E-state index contributed by atoms with van der Waals surface area (Å²) < 4.78 is 19.4. The van der Waals surface area contributed by atoms with Gasteiger partial charge in [-0.1, -0.05) is 54.5 Å². The Bertz CT molecular complexity index is 1070. The Balaban J connectivity index is 1.78. The van der Waals surface area contributed by atoms with Gasteiger partial charge in [0.1, 0.15) is 5.82 Å². The first-order chi connectivity index (χ1) is 14.8. The van der Waals surface area contributed by atoms with Gasteiger partial charge in [-0.25, -0.2) is 4.39 Å². The molecule has 0 saturated carbocycles. The fraction of sp³-hybridized carbons (Fsp3) is 0.261. The van der Waals surface area contributed by atoms with Crippen LogP contribution in [0.1, 0.15) is 24.1 Å². The van der Waals surface area contributed by atoms with Gasteiger partial charge in [0.2, 0.25) is 5.96 Å². The summed E-state index contributed by atoms with van der Waals surface area (Å²) in [6.45, 7) is 2.02. The van der Waals surface area contributed by atoms with Crippen LogP contribution in [0.4, 0.5) is 10.3 Å². The lowest BCUT2D eigenvalue weighted by Gasteiger charge is -2.20. The Labute approximate surface area is 181 Å². The van der Waals surface area contributed by atoms with E-state index in [4.69, 9.17) is 9.93 Å². The molecule has 7 nitrogen and oxygen atoms in total. The Morgan fingerprint density at radius 1 is 1.06 bits per heavy atom. The highest BCUT2D eigenvalue weighted by Crippen LogP contribution is 2.29. The predicted octanol–water partition coefficient (Wildman–Crippen LogP) is 4.27. The first-order valence-electron chi connectivity index (χ1n) is 9.86. The molecule has 0 amide bonds. The fourth-order valence-corrected chi connectivity index (χ4v) is 2.91. The van der Waals surface area contributed by atoms with Crippen molar-refractivity contribution in [2.24, 2.45) is 4.99 Å². The van der Waals surface area contributed by atoms with Gasteiger partial charge in [-0.15, -0.1) is 0 Å². The van der Waals surface area contributed by atoms with E-state index in [1.807, 2.05) is 51.4 Å². The summed E-state index contributed by atoms with van der Waals surface area (Å²) in [6, 6.07) is 16.3. The van der Waals surface area contributed by atoms with E-state index in [-0.39, 0.29) is 17.7 Å². The Morgan fingerprint density at radius 2 is 1.74 bits per heavy atom. The molecule has 1 atom stereocenters. The van der Waals surface area contributed by atoms with Crippen molar-refractivity contribution in [3.63, 3.8) is 0 Å². The second-order valence-corrected chi connectivity index (χ2v) is 7.61. The van der Waals surface area contributed by atoms with Gasteiger partial charge in [-0.05, 0) is 17.2 Å². The van der Waals surface area contributed by atoms with Crippen molar-refractivity contribution in [1.82, 2.24) is 20.3 Å². The summed E-state index contributed by atoms with van der Waals surface area (Å²) in [4.78, 5) is 7.83. The quantitative estimate of drug-likeness (QED) is 0.485. The molecule has 162 valence electrons. The second kappa shape index (κ2) is 9.42. The monoisotopic (exact) mass is 422 g/mol. The van der Waals surface area contributed by atoms with Crippen molar-refractivity contribution in [3.05, 3.63) is 71.7 Å². The molecule has 0 radical (unpaired) electrons. The van der Waals surface area contributed by atoms with Crippen LogP contribution < -0.4 is 5.32 Å². The maximum absolute atomic E-state index is 14.0. The van der Waals surface area contributed by atoms with Crippen LogP contribution in [0.25, 0.3) is 11.1 Å². The van der Waals surface area contributed by atoms with Gasteiger partial charge in [0.25, 0.3) is 5.88 Å². The molecule has 31 heavy (non-hydrogen) atoms. The molecule has 0 spiro atoms. The minimum atomic E-state index is -0.241. The van der Waals surface area contributed by atoms with Crippen molar-refractivity contribution < 1.29 is 8.91 Å². The minimum absolute atomic E-state index is 0.0294. The van der Waals surface area contributed by atoms with Crippen LogP contribution in [-0.4, -0.2) is 55.1 Å². The van der Waals surface area contributed by atoms with E-state index in [2.05, 4.69) is 15.5 Å². The number of guanidine groups is 2. The lowest BCUT2D eigenvalue weighted by atomic mass is 9.95. The predicted molar refractivity (Wildman–Crippen MR) is 121 cm³/mol. The lowest BCUT2D eigenvalue weighted by Crippen LogP contribution is -2.45. The number of aromatic nitrogens is 1. The Morgan fingerprint density at radius 3 is 2.35 bits per heavy atom. The van der Waals surface area contributed by atoms with Crippen LogP contribution in [0, 0.1) is 11.2 Å². The van der Waals surface area contributed by atoms with Gasteiger partial charge in [-0.2, -0.15) is 4.99 Å². The van der Waals surface area contributed by atoms with E-state index >= 15 is 0 Å². The molecule has 3 aromatic rings. The van der Waals surface area contributed by atoms with Crippen LogP contribution in [0.3, 0.4) is 0 Å². The molecule has 1 heterocycles. The zero-order valence-corrected chi connectivity index (χ0v) is 18.3. The van der Waals surface area contributed by atoms with E-state index in [1.54, 1.807) is 42.1 Å². The lowest BCUT2D eigenvalue weighted by molar-refractivity contribution is 0.418. The van der Waals surface area contributed by atoms with Crippen molar-refractivity contribution >= 4 is 17.8 Å². The maximum atomic E-state index is 14.0. The minimum Gasteiger partial charge on any atom is -0.349 e. The van der Waals surface area contributed by atoms with Gasteiger partial charge >= 0.3 is 0 Å². The number of hydrogen-bond donors (Lipinski definition) is 2. The normalized spacial score (nSPS) is 12.4. The van der Waals surface area contributed by atoms with Crippen molar-refractivity contribution in [2.45, 2.75) is 12.8 Å². The van der Waals surface area contributed by atoms with Crippen molar-refractivity contribution in [3.8, 4) is 11.1 Å². The Kier molecular flexibility index (Phi) is 6.69. The number of nitrogens with one attached hydrogen (secondary N) is 2. The SMILES string of the molecule is CC(c1ccc(-c2ccccc2F)cc1)c1cc(N=C(NC(=N)N(C)C)N(C)C)on1. The van der Waals surface area contributed by atoms with Gasteiger partial charge in [-0.3, -0.25) is 10.7 Å². The molecule has 0 aliphatic heterocycles. The van der Waals surface area contributed by atoms with E-state index in [0.29, 0.717) is 17.4 Å². The highest BCUT2D eigenvalue weighted by Gasteiger charge is 2.16. The molecule has 0 aliphatic carbocycles. The number of benzene rings is 2. The number of halogens is 1. The number of rotatable bonds is 4. The fourth-order valence-electron chi connectivity index (χ4n) is 2.91.